The molecule has 1 aromatic heterocycles. The van der Waals surface area contributed by atoms with Crippen LogP contribution in [-0.2, 0) is 9.59 Å². The largest absolute Gasteiger partial charge is 0.493 e. The molecule has 0 saturated carbocycles. The fraction of sp³-hybridized carbons (Fsp3) is 0.346. The normalized spacial score (nSPS) is 15.8. The minimum absolute atomic E-state index is 0.0210. The van der Waals surface area contributed by atoms with Crippen LogP contribution in [0.25, 0.3) is 5.69 Å². The van der Waals surface area contributed by atoms with E-state index in [1.165, 1.54) is 0 Å². The maximum absolute atomic E-state index is 13.1. The molecule has 1 atom stereocenters. The second kappa shape index (κ2) is 10.3. The summed E-state index contributed by atoms with van der Waals surface area (Å²) in [6, 6.07) is 19.3. The van der Waals surface area contributed by atoms with Crippen molar-refractivity contribution >= 4 is 17.5 Å². The molecule has 1 fully saturated rings. The van der Waals surface area contributed by atoms with E-state index in [4.69, 9.17) is 4.74 Å². The third-order valence-electron chi connectivity index (χ3n) is 6.01. The van der Waals surface area contributed by atoms with Crippen molar-refractivity contribution in [2.45, 2.75) is 33.1 Å². The molecule has 1 N–H and O–H groups in total. The van der Waals surface area contributed by atoms with E-state index < -0.39 is 0 Å². The number of hydrogen-bond donors (Lipinski definition) is 1. The molecular formula is C26H30N4O3. The monoisotopic (exact) mass is 446 g/mol. The molecule has 1 aliphatic rings. The lowest BCUT2D eigenvalue weighted by molar-refractivity contribution is -0.135. The van der Waals surface area contributed by atoms with Crippen LogP contribution in [0.15, 0.2) is 60.7 Å². The van der Waals surface area contributed by atoms with Crippen molar-refractivity contribution in [1.82, 2.24) is 14.7 Å². The van der Waals surface area contributed by atoms with Crippen LogP contribution in [0.4, 0.5) is 5.69 Å². The highest BCUT2D eigenvalue weighted by molar-refractivity contribution is 5.94. The summed E-state index contributed by atoms with van der Waals surface area (Å²) in [5, 5.41) is 7.68. The third-order valence-corrected chi connectivity index (χ3v) is 6.01. The second-order valence-corrected chi connectivity index (χ2v) is 8.37. The Labute approximate surface area is 194 Å². The van der Waals surface area contributed by atoms with E-state index in [2.05, 4.69) is 10.4 Å². The van der Waals surface area contributed by atoms with Crippen molar-refractivity contribution in [2.24, 2.45) is 5.92 Å². The van der Waals surface area contributed by atoms with E-state index in [-0.39, 0.29) is 17.7 Å². The highest BCUT2D eigenvalue weighted by atomic mass is 16.5. The molecular weight excluding hydrogens is 416 g/mol. The first kappa shape index (κ1) is 22.6. The number of benzene rings is 2. The first-order chi connectivity index (χ1) is 16.0. The molecule has 4 rings (SSSR count). The number of para-hydroxylation sites is 2. The van der Waals surface area contributed by atoms with Crippen molar-refractivity contribution < 1.29 is 14.3 Å². The van der Waals surface area contributed by atoms with Gasteiger partial charge >= 0.3 is 0 Å². The van der Waals surface area contributed by atoms with Crippen LogP contribution < -0.4 is 10.1 Å². The minimum Gasteiger partial charge on any atom is -0.493 e. The molecule has 0 bridgehead atoms. The number of rotatable bonds is 7. The Balaban J connectivity index is 1.34. The average molecular weight is 447 g/mol. The molecule has 172 valence electrons. The molecule has 2 heterocycles. The van der Waals surface area contributed by atoms with E-state index in [1.807, 2.05) is 79.2 Å². The van der Waals surface area contributed by atoms with Crippen molar-refractivity contribution in [2.75, 3.05) is 25.0 Å². The summed E-state index contributed by atoms with van der Waals surface area (Å²) in [5.41, 5.74) is 3.34. The number of nitrogens with zero attached hydrogens (tertiary/aromatic N) is 3. The smallest absolute Gasteiger partial charge is 0.229 e. The van der Waals surface area contributed by atoms with Crippen molar-refractivity contribution in [3.63, 3.8) is 0 Å². The molecule has 0 spiro atoms. The zero-order valence-electron chi connectivity index (χ0n) is 19.2. The molecule has 2 aromatic carbocycles. The molecule has 33 heavy (non-hydrogen) atoms. The van der Waals surface area contributed by atoms with Gasteiger partial charge in [-0.2, -0.15) is 5.10 Å². The van der Waals surface area contributed by atoms with Crippen LogP contribution in [0, 0.1) is 19.8 Å². The van der Waals surface area contributed by atoms with Gasteiger partial charge in [-0.05, 0) is 51.0 Å². The van der Waals surface area contributed by atoms with Gasteiger partial charge in [-0.3, -0.25) is 9.59 Å². The van der Waals surface area contributed by atoms with Crippen LogP contribution in [-0.4, -0.2) is 46.2 Å². The van der Waals surface area contributed by atoms with Crippen LogP contribution in [0.1, 0.15) is 30.7 Å². The van der Waals surface area contributed by atoms with Crippen LogP contribution >= 0.6 is 0 Å². The zero-order chi connectivity index (χ0) is 23.2. The number of likely N-dealkylation sites (tertiary alicyclic amines) is 1. The minimum atomic E-state index is -0.239. The molecule has 1 aliphatic heterocycles. The molecule has 0 radical (unpaired) electrons. The van der Waals surface area contributed by atoms with Crippen molar-refractivity contribution in [3.8, 4) is 11.4 Å². The number of piperidine rings is 1. The van der Waals surface area contributed by atoms with Gasteiger partial charge in [-0.25, -0.2) is 4.68 Å². The summed E-state index contributed by atoms with van der Waals surface area (Å²) in [5.74, 6) is 0.471. The molecule has 3 aromatic rings. The molecule has 1 unspecified atom stereocenters. The number of nitrogens with one attached hydrogen (secondary N) is 1. The van der Waals surface area contributed by atoms with E-state index in [1.54, 1.807) is 4.90 Å². The highest BCUT2D eigenvalue weighted by Gasteiger charge is 2.29. The zero-order valence-corrected chi connectivity index (χ0v) is 19.2. The maximum atomic E-state index is 13.1. The van der Waals surface area contributed by atoms with E-state index in [0.29, 0.717) is 26.1 Å². The summed E-state index contributed by atoms with van der Waals surface area (Å²) in [6.07, 6.45) is 1.87. The van der Waals surface area contributed by atoms with Gasteiger partial charge in [0.2, 0.25) is 11.8 Å². The Kier molecular flexibility index (Phi) is 7.07. The Morgan fingerprint density at radius 3 is 2.48 bits per heavy atom. The summed E-state index contributed by atoms with van der Waals surface area (Å²) in [7, 11) is 0. The van der Waals surface area contributed by atoms with Gasteiger partial charge in [0.1, 0.15) is 5.75 Å². The number of ether oxygens (including phenoxy) is 1. The fourth-order valence-electron chi connectivity index (χ4n) is 4.22. The Hall–Kier alpha value is -3.61. The number of aryl methyl sites for hydroxylation is 1. The van der Waals surface area contributed by atoms with Gasteiger partial charge in [0, 0.05) is 13.1 Å². The maximum Gasteiger partial charge on any atom is 0.229 e. The van der Waals surface area contributed by atoms with E-state index in [9.17, 15) is 9.59 Å². The summed E-state index contributed by atoms with van der Waals surface area (Å²) >= 11 is 0. The number of anilines is 1. The van der Waals surface area contributed by atoms with E-state index in [0.717, 1.165) is 41.4 Å². The molecule has 1 saturated heterocycles. The quantitative estimate of drug-likeness (QED) is 0.592. The number of carbonyl (C=O) groups excluding carboxylic acids is 2. The number of amides is 2. The summed E-state index contributed by atoms with van der Waals surface area (Å²) in [6.45, 7) is 5.28. The predicted octanol–water partition coefficient (Wildman–Crippen LogP) is 4.14. The lowest BCUT2D eigenvalue weighted by Gasteiger charge is -2.32. The number of hydrogen-bond acceptors (Lipinski definition) is 4. The van der Waals surface area contributed by atoms with Gasteiger partial charge in [-0.15, -0.1) is 0 Å². The standard InChI is InChI=1S/C26H30N4O3/c1-19-25(20(2)30(28-19)22-11-5-3-6-12-22)27-26(32)21-10-9-16-29(18-21)24(31)15-17-33-23-13-7-4-8-14-23/h3-8,11-14,21H,9-10,15-18H2,1-2H3,(H,27,32). The van der Waals surface area contributed by atoms with E-state index >= 15 is 0 Å². The second-order valence-electron chi connectivity index (χ2n) is 8.37. The van der Waals surface area contributed by atoms with Gasteiger partial charge < -0.3 is 15.0 Å². The number of aromatic nitrogens is 2. The topological polar surface area (TPSA) is 76.5 Å². The lowest BCUT2D eigenvalue weighted by atomic mass is 9.96. The molecule has 7 nitrogen and oxygen atoms in total. The van der Waals surface area contributed by atoms with Gasteiger partial charge in [0.25, 0.3) is 0 Å². The molecule has 7 heteroatoms. The first-order valence-electron chi connectivity index (χ1n) is 11.4. The van der Waals surface area contributed by atoms with Crippen molar-refractivity contribution in [3.05, 3.63) is 72.1 Å². The Morgan fingerprint density at radius 1 is 1.06 bits per heavy atom. The lowest BCUT2D eigenvalue weighted by Crippen LogP contribution is -2.44. The fourth-order valence-corrected chi connectivity index (χ4v) is 4.22. The third kappa shape index (κ3) is 5.42. The van der Waals surface area contributed by atoms with Gasteiger partial charge in [0.15, 0.2) is 0 Å². The van der Waals surface area contributed by atoms with Gasteiger partial charge in [-0.1, -0.05) is 36.4 Å². The van der Waals surface area contributed by atoms with Crippen LogP contribution in [0.5, 0.6) is 5.75 Å². The highest BCUT2D eigenvalue weighted by Crippen LogP contribution is 2.25. The molecule has 2 amide bonds. The van der Waals surface area contributed by atoms with Gasteiger partial charge in [0.05, 0.1) is 41.7 Å². The number of carbonyl (C=O) groups is 2. The Bertz CT molecular complexity index is 1100. The van der Waals surface area contributed by atoms with Crippen LogP contribution in [0.3, 0.4) is 0 Å². The first-order valence-corrected chi connectivity index (χ1v) is 11.4. The SMILES string of the molecule is Cc1nn(-c2ccccc2)c(C)c1NC(=O)C1CCCN(C(=O)CCOc2ccccc2)C1. The molecule has 0 aliphatic carbocycles. The summed E-state index contributed by atoms with van der Waals surface area (Å²) in [4.78, 5) is 27.5. The predicted molar refractivity (Wildman–Crippen MR) is 128 cm³/mol. The summed E-state index contributed by atoms with van der Waals surface area (Å²) < 4.78 is 7.49. The Morgan fingerprint density at radius 2 is 1.76 bits per heavy atom. The average Bonchev–Trinajstić information content (AvgIpc) is 3.13. The van der Waals surface area contributed by atoms with Crippen LogP contribution in [0.2, 0.25) is 0 Å². The van der Waals surface area contributed by atoms with Crippen molar-refractivity contribution in [1.29, 1.82) is 0 Å².